The molecule has 13 heavy (non-hydrogen) atoms. The van der Waals surface area contributed by atoms with Crippen molar-refractivity contribution in [3.05, 3.63) is 0 Å². The molecule has 1 aliphatic heterocycles. The van der Waals surface area contributed by atoms with Crippen molar-refractivity contribution in [2.24, 2.45) is 0 Å². The topological polar surface area (TPSA) is 32.3 Å². The fourth-order valence-electron chi connectivity index (χ4n) is 1.82. The molecule has 0 radical (unpaired) electrons. The molecule has 3 nitrogen and oxygen atoms in total. The quantitative estimate of drug-likeness (QED) is 0.707. The molecule has 0 saturated carbocycles. The summed E-state index contributed by atoms with van der Waals surface area (Å²) in [6.45, 7) is 7.17. The molecule has 1 saturated heterocycles. The lowest BCUT2D eigenvalue weighted by molar-refractivity contribution is -0.119. The third-order valence-corrected chi connectivity index (χ3v) is 2.51. The largest absolute Gasteiger partial charge is 0.352 e. The van der Waals surface area contributed by atoms with E-state index in [4.69, 9.17) is 0 Å². The summed E-state index contributed by atoms with van der Waals surface area (Å²) in [7, 11) is 0. The number of amides is 1. The van der Waals surface area contributed by atoms with E-state index in [1.54, 1.807) is 6.92 Å². The summed E-state index contributed by atoms with van der Waals surface area (Å²) in [5.41, 5.74) is 0. The van der Waals surface area contributed by atoms with E-state index in [1.165, 1.54) is 19.4 Å². The first kappa shape index (κ1) is 10.5. The lowest BCUT2D eigenvalue weighted by atomic mass is 10.2. The van der Waals surface area contributed by atoms with E-state index in [0.717, 1.165) is 19.5 Å². The fourth-order valence-corrected chi connectivity index (χ4v) is 1.82. The van der Waals surface area contributed by atoms with Gasteiger partial charge in [0.1, 0.15) is 0 Å². The highest BCUT2D eigenvalue weighted by Gasteiger charge is 2.21. The second-order valence-electron chi connectivity index (χ2n) is 3.84. The summed E-state index contributed by atoms with van der Waals surface area (Å²) < 4.78 is 0. The minimum Gasteiger partial charge on any atom is -0.352 e. The molecule has 1 rings (SSSR count). The third-order valence-electron chi connectivity index (χ3n) is 2.51. The Morgan fingerprint density at radius 2 is 2.38 bits per heavy atom. The van der Waals surface area contributed by atoms with Gasteiger partial charge in [0.15, 0.2) is 0 Å². The maximum Gasteiger partial charge on any atom is 0.217 e. The van der Waals surface area contributed by atoms with Crippen LogP contribution in [0.3, 0.4) is 0 Å². The molecule has 0 bridgehead atoms. The molecule has 0 aromatic carbocycles. The molecule has 0 spiro atoms. The van der Waals surface area contributed by atoms with Gasteiger partial charge in [0.05, 0.1) is 0 Å². The van der Waals surface area contributed by atoms with Gasteiger partial charge in [0, 0.05) is 26.1 Å². The summed E-state index contributed by atoms with van der Waals surface area (Å²) in [5, 5.41) is 2.97. The molecule has 76 valence electrons. The number of rotatable bonds is 4. The van der Waals surface area contributed by atoms with E-state index < -0.39 is 0 Å². The van der Waals surface area contributed by atoms with Gasteiger partial charge < -0.3 is 10.2 Å². The number of carbonyl (C=O) groups excluding carboxylic acids is 1. The van der Waals surface area contributed by atoms with Gasteiger partial charge >= 0.3 is 0 Å². The average molecular weight is 184 g/mol. The number of unbranched alkanes of at least 4 members (excludes halogenated alkanes) is 1. The van der Waals surface area contributed by atoms with Crippen LogP contribution < -0.4 is 5.32 Å². The first-order valence-corrected chi connectivity index (χ1v) is 5.22. The Balaban J connectivity index is 2.16. The highest BCUT2D eigenvalue weighted by atomic mass is 16.1. The van der Waals surface area contributed by atoms with Crippen LogP contribution in [0.1, 0.15) is 33.1 Å². The predicted octanol–water partition coefficient (Wildman–Crippen LogP) is 0.997. The lowest BCUT2D eigenvalue weighted by Crippen LogP contribution is -2.35. The maximum absolute atomic E-state index is 10.8. The standard InChI is InChI=1S/C10H20N2O/c1-3-4-6-12-7-5-10(8-12)11-9(2)13/h10H,3-8H2,1-2H3,(H,11,13). The number of likely N-dealkylation sites (tertiary alicyclic amines) is 1. The Hall–Kier alpha value is -0.570. The molecule has 0 aromatic rings. The molecule has 1 amide bonds. The van der Waals surface area contributed by atoms with Crippen LogP contribution in [0.25, 0.3) is 0 Å². The van der Waals surface area contributed by atoms with Crippen LogP contribution in [0.2, 0.25) is 0 Å². The van der Waals surface area contributed by atoms with Gasteiger partial charge in [-0.15, -0.1) is 0 Å². The Kier molecular flexibility index (Phi) is 4.22. The number of nitrogens with one attached hydrogen (secondary N) is 1. The highest BCUT2D eigenvalue weighted by Crippen LogP contribution is 2.09. The molecule has 1 aliphatic rings. The number of hydrogen-bond donors (Lipinski definition) is 1. The minimum atomic E-state index is 0.0994. The fraction of sp³-hybridized carbons (Fsp3) is 0.900. The molecule has 1 unspecified atom stereocenters. The number of nitrogens with zero attached hydrogens (tertiary/aromatic N) is 1. The summed E-state index contributed by atoms with van der Waals surface area (Å²) in [6, 6.07) is 0.398. The van der Waals surface area contributed by atoms with E-state index in [1.807, 2.05) is 0 Å². The summed E-state index contributed by atoms with van der Waals surface area (Å²) in [4.78, 5) is 13.2. The summed E-state index contributed by atoms with van der Waals surface area (Å²) in [6.07, 6.45) is 3.64. The molecule has 3 heteroatoms. The lowest BCUT2D eigenvalue weighted by Gasteiger charge is -2.15. The minimum absolute atomic E-state index is 0.0994. The van der Waals surface area contributed by atoms with Crippen LogP contribution >= 0.6 is 0 Å². The van der Waals surface area contributed by atoms with Gasteiger partial charge in [0.2, 0.25) is 5.91 Å². The normalized spacial score (nSPS) is 23.4. The summed E-state index contributed by atoms with van der Waals surface area (Å²) >= 11 is 0. The van der Waals surface area contributed by atoms with E-state index in [-0.39, 0.29) is 5.91 Å². The van der Waals surface area contributed by atoms with E-state index in [2.05, 4.69) is 17.1 Å². The molecule has 1 atom stereocenters. The third kappa shape index (κ3) is 3.77. The predicted molar refractivity (Wildman–Crippen MR) is 53.6 cm³/mol. The van der Waals surface area contributed by atoms with Gasteiger partial charge in [-0.3, -0.25) is 4.79 Å². The zero-order valence-electron chi connectivity index (χ0n) is 8.68. The maximum atomic E-state index is 10.8. The van der Waals surface area contributed by atoms with Crippen LogP contribution in [0, 0.1) is 0 Å². The van der Waals surface area contributed by atoms with Crippen LogP contribution in [-0.2, 0) is 4.79 Å². The smallest absolute Gasteiger partial charge is 0.217 e. The van der Waals surface area contributed by atoms with Crippen molar-refractivity contribution < 1.29 is 4.79 Å². The van der Waals surface area contributed by atoms with Gasteiger partial charge in [-0.25, -0.2) is 0 Å². The van der Waals surface area contributed by atoms with E-state index >= 15 is 0 Å². The molecule has 1 heterocycles. The monoisotopic (exact) mass is 184 g/mol. The van der Waals surface area contributed by atoms with Crippen molar-refractivity contribution in [1.29, 1.82) is 0 Å². The van der Waals surface area contributed by atoms with Gasteiger partial charge in [-0.1, -0.05) is 13.3 Å². The first-order valence-electron chi connectivity index (χ1n) is 5.22. The van der Waals surface area contributed by atoms with Gasteiger partial charge in [0.25, 0.3) is 0 Å². The Morgan fingerprint density at radius 3 is 3.00 bits per heavy atom. The molecular weight excluding hydrogens is 164 g/mol. The molecule has 0 aromatic heterocycles. The Bertz CT molecular complexity index is 170. The first-order chi connectivity index (χ1) is 6.22. The second kappa shape index (κ2) is 5.22. The van der Waals surface area contributed by atoms with Gasteiger partial charge in [-0.2, -0.15) is 0 Å². The van der Waals surface area contributed by atoms with E-state index in [0.29, 0.717) is 6.04 Å². The van der Waals surface area contributed by atoms with Crippen LogP contribution in [0.15, 0.2) is 0 Å². The number of hydrogen-bond acceptors (Lipinski definition) is 2. The molecule has 1 fully saturated rings. The van der Waals surface area contributed by atoms with Crippen molar-refractivity contribution in [3.8, 4) is 0 Å². The summed E-state index contributed by atoms with van der Waals surface area (Å²) in [5.74, 6) is 0.0994. The molecular formula is C10H20N2O. The van der Waals surface area contributed by atoms with Crippen molar-refractivity contribution in [3.63, 3.8) is 0 Å². The van der Waals surface area contributed by atoms with Crippen molar-refractivity contribution >= 4 is 5.91 Å². The zero-order chi connectivity index (χ0) is 9.68. The van der Waals surface area contributed by atoms with Crippen molar-refractivity contribution in [1.82, 2.24) is 10.2 Å². The Labute approximate surface area is 80.5 Å². The molecule has 0 aliphatic carbocycles. The second-order valence-corrected chi connectivity index (χ2v) is 3.84. The van der Waals surface area contributed by atoms with Crippen molar-refractivity contribution in [2.45, 2.75) is 39.2 Å². The van der Waals surface area contributed by atoms with Gasteiger partial charge in [-0.05, 0) is 19.4 Å². The SMILES string of the molecule is CCCCN1CCC(NC(C)=O)C1. The average Bonchev–Trinajstić information content (AvgIpc) is 2.48. The zero-order valence-corrected chi connectivity index (χ0v) is 8.68. The highest BCUT2D eigenvalue weighted by molar-refractivity contribution is 5.73. The van der Waals surface area contributed by atoms with Crippen molar-refractivity contribution in [2.75, 3.05) is 19.6 Å². The number of carbonyl (C=O) groups is 1. The van der Waals surface area contributed by atoms with Crippen LogP contribution in [0.4, 0.5) is 0 Å². The van der Waals surface area contributed by atoms with Crippen LogP contribution in [0.5, 0.6) is 0 Å². The van der Waals surface area contributed by atoms with Crippen LogP contribution in [-0.4, -0.2) is 36.5 Å². The Morgan fingerprint density at radius 1 is 1.62 bits per heavy atom. The van der Waals surface area contributed by atoms with E-state index in [9.17, 15) is 4.79 Å². The molecule has 1 N–H and O–H groups in total.